The summed E-state index contributed by atoms with van der Waals surface area (Å²) in [6, 6.07) is 0. The molecule has 2 N–H and O–H groups in total. The standard InChI is InChI=1S/C26H46O2/c1-18-13-16-25(4,28)15-7-6-8-22-21(18)14-17-26(5)23(11-12-24(22)26)19(2)9-10-20(3)27/h6-7,18-24,27-28H,8-17H2,1-5H3. The molecule has 28 heavy (non-hydrogen) atoms. The Kier molecular flexibility index (Phi) is 7.02. The average Bonchev–Trinajstić information content (AvgIpc) is 2.98. The van der Waals surface area contributed by atoms with Gasteiger partial charge in [-0.15, -0.1) is 0 Å². The monoisotopic (exact) mass is 390 g/mol. The van der Waals surface area contributed by atoms with Crippen LogP contribution in [0, 0.1) is 40.9 Å². The molecule has 9 atom stereocenters. The Morgan fingerprint density at radius 1 is 0.964 bits per heavy atom. The molecule has 0 heterocycles. The van der Waals surface area contributed by atoms with Gasteiger partial charge in [0.05, 0.1) is 11.7 Å². The zero-order valence-corrected chi connectivity index (χ0v) is 19.2. The van der Waals surface area contributed by atoms with Crippen molar-refractivity contribution in [3.8, 4) is 0 Å². The minimum absolute atomic E-state index is 0.162. The Balaban J connectivity index is 1.77. The number of allylic oxidation sites excluding steroid dienone is 1. The minimum Gasteiger partial charge on any atom is -0.393 e. The smallest absolute Gasteiger partial charge is 0.0654 e. The van der Waals surface area contributed by atoms with E-state index in [1.54, 1.807) is 0 Å². The van der Waals surface area contributed by atoms with Crippen molar-refractivity contribution < 1.29 is 10.2 Å². The van der Waals surface area contributed by atoms with Crippen molar-refractivity contribution in [3.05, 3.63) is 12.2 Å². The van der Waals surface area contributed by atoms with Gasteiger partial charge >= 0.3 is 0 Å². The Labute approximate surface area is 174 Å². The maximum atomic E-state index is 10.6. The summed E-state index contributed by atoms with van der Waals surface area (Å²) in [5.41, 5.74) is -0.0407. The Hall–Kier alpha value is -0.340. The summed E-state index contributed by atoms with van der Waals surface area (Å²) in [6.45, 7) is 11.5. The van der Waals surface area contributed by atoms with E-state index in [0.717, 1.165) is 54.8 Å². The summed E-state index contributed by atoms with van der Waals surface area (Å²) >= 11 is 0. The highest BCUT2D eigenvalue weighted by Gasteiger charge is 2.54. The van der Waals surface area contributed by atoms with Gasteiger partial charge in [-0.05, 0) is 119 Å². The quantitative estimate of drug-likeness (QED) is 0.548. The SMILES string of the molecule is CC(O)CCC(C)C1CCC2C3CC=CCC(C)(O)CCC(C)C3CCC12C. The number of fused-ring (bicyclic) bond motifs is 3. The van der Waals surface area contributed by atoms with Crippen LogP contribution in [0.1, 0.15) is 98.8 Å². The molecule has 9 unspecified atom stereocenters. The second kappa shape index (κ2) is 8.80. The zero-order valence-electron chi connectivity index (χ0n) is 19.2. The number of aliphatic hydroxyl groups is 2. The van der Waals surface area contributed by atoms with Gasteiger partial charge in [0.2, 0.25) is 0 Å². The van der Waals surface area contributed by atoms with E-state index >= 15 is 0 Å². The Morgan fingerprint density at radius 2 is 1.71 bits per heavy atom. The number of hydrogen-bond donors (Lipinski definition) is 2. The molecule has 0 aromatic heterocycles. The lowest BCUT2D eigenvalue weighted by molar-refractivity contribution is -0.0277. The van der Waals surface area contributed by atoms with Crippen molar-refractivity contribution in [2.24, 2.45) is 40.9 Å². The predicted molar refractivity (Wildman–Crippen MR) is 118 cm³/mol. The van der Waals surface area contributed by atoms with Crippen LogP contribution in [0.15, 0.2) is 12.2 Å². The largest absolute Gasteiger partial charge is 0.393 e. The van der Waals surface area contributed by atoms with E-state index in [9.17, 15) is 10.2 Å². The van der Waals surface area contributed by atoms with Crippen LogP contribution < -0.4 is 0 Å². The zero-order chi connectivity index (χ0) is 20.5. The first-order chi connectivity index (χ1) is 13.1. The van der Waals surface area contributed by atoms with E-state index in [2.05, 4.69) is 32.9 Å². The summed E-state index contributed by atoms with van der Waals surface area (Å²) < 4.78 is 0. The summed E-state index contributed by atoms with van der Waals surface area (Å²) in [4.78, 5) is 0. The van der Waals surface area contributed by atoms with Crippen LogP contribution in [-0.2, 0) is 0 Å². The first-order valence-corrected chi connectivity index (χ1v) is 12.2. The van der Waals surface area contributed by atoms with E-state index in [-0.39, 0.29) is 6.10 Å². The second-order valence-electron chi connectivity index (χ2n) is 11.5. The van der Waals surface area contributed by atoms with E-state index in [1.807, 2.05) is 13.8 Å². The van der Waals surface area contributed by atoms with E-state index in [0.29, 0.717) is 5.41 Å². The fraction of sp³-hybridized carbons (Fsp3) is 0.923. The highest BCUT2D eigenvalue weighted by Crippen LogP contribution is 2.63. The molecule has 2 saturated carbocycles. The lowest BCUT2D eigenvalue weighted by Gasteiger charge is -2.52. The van der Waals surface area contributed by atoms with Gasteiger partial charge in [-0.25, -0.2) is 0 Å². The molecule has 2 heteroatoms. The number of hydrogen-bond acceptors (Lipinski definition) is 2. The highest BCUT2D eigenvalue weighted by atomic mass is 16.3. The van der Waals surface area contributed by atoms with Crippen LogP contribution in [0.5, 0.6) is 0 Å². The molecule has 0 aromatic carbocycles. The summed E-state index contributed by atoms with van der Waals surface area (Å²) in [5.74, 6) is 4.78. The minimum atomic E-state index is -0.529. The van der Waals surface area contributed by atoms with Crippen molar-refractivity contribution in [3.63, 3.8) is 0 Å². The molecule has 0 aliphatic heterocycles. The summed E-state index contributed by atoms with van der Waals surface area (Å²) in [6.07, 6.45) is 16.3. The molecule has 0 radical (unpaired) electrons. The third-order valence-corrected chi connectivity index (χ3v) is 9.29. The summed E-state index contributed by atoms with van der Waals surface area (Å²) in [5, 5.41) is 20.4. The Morgan fingerprint density at radius 3 is 2.43 bits per heavy atom. The fourth-order valence-corrected chi connectivity index (χ4v) is 7.49. The van der Waals surface area contributed by atoms with Gasteiger partial charge in [-0.2, -0.15) is 0 Å². The van der Waals surface area contributed by atoms with Crippen molar-refractivity contribution in [2.45, 2.75) is 111 Å². The van der Waals surface area contributed by atoms with Crippen molar-refractivity contribution in [1.82, 2.24) is 0 Å². The second-order valence-corrected chi connectivity index (χ2v) is 11.5. The van der Waals surface area contributed by atoms with Gasteiger partial charge in [-0.1, -0.05) is 32.9 Å². The molecule has 0 aromatic rings. The molecular weight excluding hydrogens is 344 g/mol. The van der Waals surface area contributed by atoms with Gasteiger partial charge in [-0.3, -0.25) is 0 Å². The van der Waals surface area contributed by atoms with Gasteiger partial charge in [0.15, 0.2) is 0 Å². The first-order valence-electron chi connectivity index (χ1n) is 12.2. The van der Waals surface area contributed by atoms with Crippen LogP contribution in [0.3, 0.4) is 0 Å². The van der Waals surface area contributed by atoms with Gasteiger partial charge in [0.25, 0.3) is 0 Å². The van der Waals surface area contributed by atoms with Gasteiger partial charge < -0.3 is 10.2 Å². The lowest BCUT2D eigenvalue weighted by atomic mass is 9.53. The summed E-state index contributed by atoms with van der Waals surface area (Å²) in [7, 11) is 0. The lowest BCUT2D eigenvalue weighted by Crippen LogP contribution is -2.44. The molecule has 3 aliphatic carbocycles. The van der Waals surface area contributed by atoms with Gasteiger partial charge in [0, 0.05) is 0 Å². The van der Waals surface area contributed by atoms with Crippen molar-refractivity contribution >= 4 is 0 Å². The molecule has 0 spiro atoms. The van der Waals surface area contributed by atoms with E-state index < -0.39 is 5.60 Å². The molecule has 2 fully saturated rings. The normalized spacial score (nSPS) is 46.5. The van der Waals surface area contributed by atoms with Crippen molar-refractivity contribution in [2.75, 3.05) is 0 Å². The van der Waals surface area contributed by atoms with Crippen LogP contribution in [0.2, 0.25) is 0 Å². The van der Waals surface area contributed by atoms with Crippen molar-refractivity contribution in [1.29, 1.82) is 0 Å². The number of rotatable bonds is 4. The molecule has 3 rings (SSSR count). The van der Waals surface area contributed by atoms with E-state index in [1.165, 1.54) is 44.9 Å². The van der Waals surface area contributed by atoms with E-state index in [4.69, 9.17) is 0 Å². The van der Waals surface area contributed by atoms with Crippen LogP contribution in [0.4, 0.5) is 0 Å². The molecule has 0 amide bonds. The fourth-order valence-electron chi connectivity index (χ4n) is 7.49. The third-order valence-electron chi connectivity index (χ3n) is 9.29. The van der Waals surface area contributed by atoms with Gasteiger partial charge in [0.1, 0.15) is 0 Å². The molecule has 2 nitrogen and oxygen atoms in total. The molecule has 0 bridgehead atoms. The van der Waals surface area contributed by atoms with Crippen LogP contribution in [-0.4, -0.2) is 21.9 Å². The molecule has 162 valence electrons. The van der Waals surface area contributed by atoms with Crippen LogP contribution >= 0.6 is 0 Å². The van der Waals surface area contributed by atoms with Crippen LogP contribution in [0.25, 0.3) is 0 Å². The average molecular weight is 391 g/mol. The predicted octanol–water partition coefficient (Wildman–Crippen LogP) is 6.36. The highest BCUT2D eigenvalue weighted by molar-refractivity contribution is 5.06. The molecular formula is C26H46O2. The number of aliphatic hydroxyl groups excluding tert-OH is 1. The topological polar surface area (TPSA) is 40.5 Å². The molecule has 3 aliphatic rings. The molecule has 0 saturated heterocycles. The first kappa shape index (κ1) is 22.3. The maximum Gasteiger partial charge on any atom is 0.0654 e. The third kappa shape index (κ3) is 4.69. The maximum absolute atomic E-state index is 10.6. The Bertz CT molecular complexity index is 537.